The van der Waals surface area contributed by atoms with Crippen LogP contribution in [0.1, 0.15) is 24.5 Å². The third kappa shape index (κ3) is 2.40. The van der Waals surface area contributed by atoms with Crippen molar-refractivity contribution in [2.75, 3.05) is 13.1 Å². The van der Waals surface area contributed by atoms with Gasteiger partial charge in [-0.15, -0.1) is 11.3 Å². The second-order valence-corrected chi connectivity index (χ2v) is 5.33. The van der Waals surface area contributed by atoms with Crippen molar-refractivity contribution in [1.29, 1.82) is 0 Å². The van der Waals surface area contributed by atoms with E-state index in [0.29, 0.717) is 5.92 Å². The highest BCUT2D eigenvalue weighted by atomic mass is 32.1. The second-order valence-electron chi connectivity index (χ2n) is 4.47. The minimum atomic E-state index is 0.657. The summed E-state index contributed by atoms with van der Waals surface area (Å²) in [7, 11) is 0. The first-order valence-corrected chi connectivity index (χ1v) is 7.03. The van der Waals surface area contributed by atoms with E-state index in [4.69, 9.17) is 4.98 Å². The Bertz CT molecular complexity index is 472. The van der Waals surface area contributed by atoms with Crippen LogP contribution in [-0.2, 0) is 0 Å². The van der Waals surface area contributed by atoms with Gasteiger partial charge >= 0.3 is 0 Å². The molecule has 2 heterocycles. The molecule has 1 N–H and O–H groups in total. The van der Waals surface area contributed by atoms with Crippen LogP contribution in [-0.4, -0.2) is 18.1 Å². The summed E-state index contributed by atoms with van der Waals surface area (Å²) in [5.74, 6) is 0.657. The summed E-state index contributed by atoms with van der Waals surface area (Å²) in [6, 6.07) is 10.4. The van der Waals surface area contributed by atoms with Crippen molar-refractivity contribution in [3.8, 4) is 10.6 Å². The van der Waals surface area contributed by atoms with Gasteiger partial charge in [0.05, 0.1) is 5.69 Å². The van der Waals surface area contributed by atoms with Gasteiger partial charge in [0.15, 0.2) is 0 Å². The summed E-state index contributed by atoms with van der Waals surface area (Å²) in [6.07, 6.45) is 2.44. The number of hydrogen-bond acceptors (Lipinski definition) is 3. The van der Waals surface area contributed by atoms with Crippen LogP contribution in [0.2, 0.25) is 0 Å². The van der Waals surface area contributed by atoms with E-state index in [1.807, 2.05) is 6.07 Å². The molecule has 0 radical (unpaired) electrons. The lowest BCUT2D eigenvalue weighted by Crippen LogP contribution is -2.26. The van der Waals surface area contributed by atoms with Crippen LogP contribution < -0.4 is 5.32 Å². The maximum Gasteiger partial charge on any atom is 0.123 e. The monoisotopic (exact) mass is 244 g/mol. The minimum Gasteiger partial charge on any atom is -0.317 e. The van der Waals surface area contributed by atoms with Crippen LogP contribution in [0.15, 0.2) is 35.7 Å². The highest BCUT2D eigenvalue weighted by Gasteiger charge is 2.18. The molecule has 0 atom stereocenters. The van der Waals surface area contributed by atoms with Crippen LogP contribution in [0.4, 0.5) is 0 Å². The predicted octanol–water partition coefficient (Wildman–Crippen LogP) is 3.28. The Labute approximate surface area is 106 Å². The standard InChI is InChI=1S/C14H16N2S/c1-2-4-12(5-3-1)14-16-13(10-17-14)11-6-8-15-9-7-11/h1-5,10-11,15H,6-9H2. The van der Waals surface area contributed by atoms with Gasteiger partial charge in [0.25, 0.3) is 0 Å². The van der Waals surface area contributed by atoms with Crippen molar-refractivity contribution >= 4 is 11.3 Å². The molecule has 3 rings (SSSR count). The molecule has 0 saturated carbocycles. The summed E-state index contributed by atoms with van der Waals surface area (Å²) >= 11 is 1.76. The third-order valence-electron chi connectivity index (χ3n) is 3.30. The molecule has 3 heteroatoms. The molecule has 0 spiro atoms. The Balaban J connectivity index is 1.83. The Morgan fingerprint density at radius 1 is 1.12 bits per heavy atom. The van der Waals surface area contributed by atoms with Crippen molar-refractivity contribution in [2.45, 2.75) is 18.8 Å². The molecule has 0 bridgehead atoms. The van der Waals surface area contributed by atoms with E-state index in [-0.39, 0.29) is 0 Å². The average molecular weight is 244 g/mol. The molecule has 1 aromatic carbocycles. The van der Waals surface area contributed by atoms with E-state index < -0.39 is 0 Å². The molecule has 1 aliphatic rings. The molecular weight excluding hydrogens is 228 g/mol. The molecule has 1 saturated heterocycles. The maximum atomic E-state index is 4.79. The molecule has 1 fully saturated rings. The van der Waals surface area contributed by atoms with Gasteiger partial charge < -0.3 is 5.32 Å². The van der Waals surface area contributed by atoms with Crippen molar-refractivity contribution in [2.24, 2.45) is 0 Å². The lowest BCUT2D eigenvalue weighted by Gasteiger charge is -2.20. The SMILES string of the molecule is c1ccc(-c2nc(C3CCNCC3)cs2)cc1. The van der Waals surface area contributed by atoms with Gasteiger partial charge in [-0.3, -0.25) is 0 Å². The number of nitrogens with zero attached hydrogens (tertiary/aromatic N) is 1. The first-order valence-electron chi connectivity index (χ1n) is 6.15. The van der Waals surface area contributed by atoms with Crippen molar-refractivity contribution < 1.29 is 0 Å². The first-order chi connectivity index (χ1) is 8.43. The topological polar surface area (TPSA) is 24.9 Å². The molecule has 1 aromatic heterocycles. The summed E-state index contributed by atoms with van der Waals surface area (Å²) in [6.45, 7) is 2.26. The van der Waals surface area contributed by atoms with Crippen molar-refractivity contribution in [3.05, 3.63) is 41.4 Å². The number of rotatable bonds is 2. The smallest absolute Gasteiger partial charge is 0.123 e. The van der Waals surface area contributed by atoms with Gasteiger partial charge in [0.2, 0.25) is 0 Å². The zero-order valence-electron chi connectivity index (χ0n) is 9.73. The molecule has 2 aromatic rings. The van der Waals surface area contributed by atoms with Crippen LogP contribution in [0.25, 0.3) is 10.6 Å². The second kappa shape index (κ2) is 4.98. The van der Waals surface area contributed by atoms with Gasteiger partial charge in [-0.2, -0.15) is 0 Å². The number of nitrogens with one attached hydrogen (secondary N) is 1. The number of aromatic nitrogens is 1. The van der Waals surface area contributed by atoms with E-state index in [9.17, 15) is 0 Å². The van der Waals surface area contributed by atoms with Crippen LogP contribution in [0, 0.1) is 0 Å². The normalized spacial score (nSPS) is 17.2. The number of thiazole rings is 1. The Morgan fingerprint density at radius 2 is 1.88 bits per heavy atom. The average Bonchev–Trinajstić information content (AvgIpc) is 2.90. The molecule has 0 aliphatic carbocycles. The zero-order valence-corrected chi connectivity index (χ0v) is 10.5. The lowest BCUT2D eigenvalue weighted by molar-refractivity contribution is 0.455. The number of hydrogen-bond donors (Lipinski definition) is 1. The van der Waals surface area contributed by atoms with E-state index in [1.165, 1.54) is 24.1 Å². The van der Waals surface area contributed by atoms with Crippen LogP contribution >= 0.6 is 11.3 Å². The molecule has 88 valence electrons. The Kier molecular flexibility index (Phi) is 3.20. The maximum absolute atomic E-state index is 4.79. The van der Waals surface area contributed by atoms with E-state index in [0.717, 1.165) is 18.1 Å². The fraction of sp³-hybridized carbons (Fsp3) is 0.357. The highest BCUT2D eigenvalue weighted by Crippen LogP contribution is 2.30. The predicted molar refractivity (Wildman–Crippen MR) is 72.4 cm³/mol. The Hall–Kier alpha value is -1.19. The third-order valence-corrected chi connectivity index (χ3v) is 4.21. The van der Waals surface area contributed by atoms with Gasteiger partial charge in [-0.25, -0.2) is 4.98 Å². The summed E-state index contributed by atoms with van der Waals surface area (Å²) in [5, 5.41) is 6.79. The molecule has 17 heavy (non-hydrogen) atoms. The molecular formula is C14H16N2S. The van der Waals surface area contributed by atoms with Gasteiger partial charge in [0, 0.05) is 16.9 Å². The molecule has 1 aliphatic heterocycles. The molecule has 2 nitrogen and oxygen atoms in total. The number of piperidine rings is 1. The van der Waals surface area contributed by atoms with E-state index in [1.54, 1.807) is 11.3 Å². The van der Waals surface area contributed by atoms with Crippen LogP contribution in [0.3, 0.4) is 0 Å². The summed E-state index contributed by atoms with van der Waals surface area (Å²) < 4.78 is 0. The quantitative estimate of drug-likeness (QED) is 0.877. The Morgan fingerprint density at radius 3 is 2.65 bits per heavy atom. The zero-order chi connectivity index (χ0) is 11.5. The first kappa shape index (κ1) is 10.9. The number of benzene rings is 1. The minimum absolute atomic E-state index is 0.657. The fourth-order valence-electron chi connectivity index (χ4n) is 2.30. The van der Waals surface area contributed by atoms with Gasteiger partial charge in [-0.05, 0) is 25.9 Å². The van der Waals surface area contributed by atoms with E-state index >= 15 is 0 Å². The highest BCUT2D eigenvalue weighted by molar-refractivity contribution is 7.13. The van der Waals surface area contributed by atoms with Crippen molar-refractivity contribution in [3.63, 3.8) is 0 Å². The lowest BCUT2D eigenvalue weighted by atomic mass is 9.95. The van der Waals surface area contributed by atoms with Gasteiger partial charge in [-0.1, -0.05) is 30.3 Å². The van der Waals surface area contributed by atoms with Crippen molar-refractivity contribution in [1.82, 2.24) is 10.3 Å². The largest absolute Gasteiger partial charge is 0.317 e. The van der Waals surface area contributed by atoms with Crippen LogP contribution in [0.5, 0.6) is 0 Å². The fourth-order valence-corrected chi connectivity index (χ4v) is 3.21. The summed E-state index contributed by atoms with van der Waals surface area (Å²) in [5.41, 5.74) is 2.52. The van der Waals surface area contributed by atoms with E-state index in [2.05, 4.69) is 35.0 Å². The summed E-state index contributed by atoms with van der Waals surface area (Å²) in [4.78, 5) is 4.79. The van der Waals surface area contributed by atoms with Gasteiger partial charge in [0.1, 0.15) is 5.01 Å². The molecule has 0 amide bonds. The molecule has 0 unspecified atom stereocenters.